The van der Waals surface area contributed by atoms with Crippen LogP contribution >= 0.6 is 11.3 Å². The lowest BCUT2D eigenvalue weighted by atomic mass is 10.0. The van der Waals surface area contributed by atoms with Crippen molar-refractivity contribution < 1.29 is 14.1 Å². The number of ketones is 1. The molecule has 1 aromatic carbocycles. The van der Waals surface area contributed by atoms with E-state index in [1.54, 1.807) is 36.4 Å². The number of hydrogen-bond donors (Lipinski definition) is 1. The molecule has 1 amide bonds. The smallest absolute Gasteiger partial charge is 0.252 e. The van der Waals surface area contributed by atoms with Crippen molar-refractivity contribution in [1.29, 1.82) is 0 Å². The summed E-state index contributed by atoms with van der Waals surface area (Å²) >= 11 is 1.35. The van der Waals surface area contributed by atoms with Gasteiger partial charge in [-0.2, -0.15) is 0 Å². The molecule has 0 unspecified atom stereocenters. The summed E-state index contributed by atoms with van der Waals surface area (Å²) in [7, 11) is 0. The Labute approximate surface area is 136 Å². The summed E-state index contributed by atoms with van der Waals surface area (Å²) in [5.41, 5.74) is 1.49. The Morgan fingerprint density at radius 1 is 1.17 bits per heavy atom. The lowest BCUT2D eigenvalue weighted by Gasteiger charge is -2.08. The van der Waals surface area contributed by atoms with Gasteiger partial charge in [0.15, 0.2) is 5.76 Å². The molecular formula is C17H14N2O3S. The van der Waals surface area contributed by atoms with Gasteiger partial charge in [-0.1, -0.05) is 29.4 Å². The minimum Gasteiger partial charge on any atom is -0.359 e. The average molecular weight is 326 g/mol. The number of carbonyl (C=O) groups excluding carboxylic acids is 2. The highest BCUT2D eigenvalue weighted by Gasteiger charge is 2.18. The van der Waals surface area contributed by atoms with Gasteiger partial charge < -0.3 is 9.84 Å². The zero-order chi connectivity index (χ0) is 16.2. The first-order valence-corrected chi connectivity index (χ1v) is 7.91. The highest BCUT2D eigenvalue weighted by molar-refractivity contribution is 7.12. The van der Waals surface area contributed by atoms with Crippen LogP contribution in [0.15, 0.2) is 52.4 Å². The largest absolute Gasteiger partial charge is 0.359 e. The standard InChI is InChI=1S/C17H14N2O3S/c1-11-9-12(22-19-11)10-18-17(21)14-6-3-2-5-13(14)16(20)15-7-4-8-23-15/h2-9H,10H2,1H3,(H,18,21). The van der Waals surface area contributed by atoms with E-state index in [0.717, 1.165) is 5.69 Å². The first-order chi connectivity index (χ1) is 11.1. The fraction of sp³-hybridized carbons (Fsp3) is 0.118. The molecule has 1 N–H and O–H groups in total. The monoisotopic (exact) mass is 326 g/mol. The topological polar surface area (TPSA) is 72.2 Å². The SMILES string of the molecule is Cc1cc(CNC(=O)c2ccccc2C(=O)c2cccs2)on1. The number of nitrogens with zero attached hydrogens (tertiary/aromatic N) is 1. The van der Waals surface area contributed by atoms with Crippen LogP contribution in [-0.2, 0) is 6.54 Å². The van der Waals surface area contributed by atoms with Crippen LogP contribution in [0.25, 0.3) is 0 Å². The van der Waals surface area contributed by atoms with E-state index in [9.17, 15) is 9.59 Å². The normalized spacial score (nSPS) is 10.5. The Bertz CT molecular complexity index is 837. The van der Waals surface area contributed by atoms with Crippen molar-refractivity contribution >= 4 is 23.0 Å². The van der Waals surface area contributed by atoms with Gasteiger partial charge in [0, 0.05) is 11.6 Å². The van der Waals surface area contributed by atoms with Gasteiger partial charge >= 0.3 is 0 Å². The van der Waals surface area contributed by atoms with E-state index in [4.69, 9.17) is 4.52 Å². The Kier molecular flexibility index (Phi) is 4.34. The molecule has 0 fully saturated rings. The maximum atomic E-state index is 12.5. The molecule has 3 aromatic rings. The molecule has 116 valence electrons. The third-order valence-electron chi connectivity index (χ3n) is 3.26. The first kappa shape index (κ1) is 15.2. The van der Waals surface area contributed by atoms with Crippen molar-refractivity contribution in [3.8, 4) is 0 Å². The zero-order valence-corrected chi connectivity index (χ0v) is 13.2. The number of rotatable bonds is 5. The van der Waals surface area contributed by atoms with E-state index in [-0.39, 0.29) is 18.2 Å². The first-order valence-electron chi connectivity index (χ1n) is 7.03. The van der Waals surface area contributed by atoms with Crippen LogP contribution in [0, 0.1) is 6.92 Å². The van der Waals surface area contributed by atoms with Crippen molar-refractivity contribution in [1.82, 2.24) is 10.5 Å². The Morgan fingerprint density at radius 2 is 1.96 bits per heavy atom. The van der Waals surface area contributed by atoms with Crippen LogP contribution in [0.2, 0.25) is 0 Å². The number of aryl methyl sites for hydroxylation is 1. The number of carbonyl (C=O) groups is 2. The predicted octanol–water partition coefficient (Wildman–Crippen LogP) is 3.21. The second-order valence-electron chi connectivity index (χ2n) is 4.97. The van der Waals surface area contributed by atoms with Crippen LogP contribution < -0.4 is 5.32 Å². The molecule has 0 bridgehead atoms. The summed E-state index contributed by atoms with van der Waals surface area (Å²) in [5, 5.41) is 8.35. The molecule has 6 heteroatoms. The highest BCUT2D eigenvalue weighted by Crippen LogP contribution is 2.18. The van der Waals surface area contributed by atoms with Crippen molar-refractivity contribution in [2.24, 2.45) is 0 Å². The quantitative estimate of drug-likeness (QED) is 0.731. The van der Waals surface area contributed by atoms with Gasteiger partial charge in [0.05, 0.1) is 22.7 Å². The summed E-state index contributed by atoms with van der Waals surface area (Å²) < 4.78 is 5.06. The number of thiophene rings is 1. The molecule has 0 aliphatic rings. The second kappa shape index (κ2) is 6.58. The summed E-state index contributed by atoms with van der Waals surface area (Å²) in [4.78, 5) is 25.5. The third-order valence-corrected chi connectivity index (χ3v) is 4.13. The van der Waals surface area contributed by atoms with E-state index in [2.05, 4.69) is 10.5 Å². The fourth-order valence-corrected chi connectivity index (χ4v) is 2.86. The van der Waals surface area contributed by atoms with Gasteiger partial charge in [0.1, 0.15) is 0 Å². The van der Waals surface area contributed by atoms with Crippen LogP contribution in [0.5, 0.6) is 0 Å². The fourth-order valence-electron chi connectivity index (χ4n) is 2.18. The maximum Gasteiger partial charge on any atom is 0.252 e. The Hall–Kier alpha value is -2.73. The van der Waals surface area contributed by atoms with Crippen molar-refractivity contribution in [3.05, 3.63) is 75.3 Å². The van der Waals surface area contributed by atoms with Gasteiger partial charge in [-0.15, -0.1) is 11.3 Å². The molecule has 23 heavy (non-hydrogen) atoms. The van der Waals surface area contributed by atoms with Gasteiger partial charge in [0.25, 0.3) is 5.91 Å². The number of benzene rings is 1. The molecule has 0 saturated carbocycles. The molecule has 0 aliphatic carbocycles. The summed E-state index contributed by atoms with van der Waals surface area (Å²) in [5.74, 6) is 0.0960. The molecule has 0 spiro atoms. The van der Waals surface area contributed by atoms with Crippen LogP contribution in [0.3, 0.4) is 0 Å². The molecule has 0 saturated heterocycles. The molecule has 2 heterocycles. The van der Waals surface area contributed by atoms with E-state index < -0.39 is 0 Å². The molecule has 5 nitrogen and oxygen atoms in total. The molecule has 2 aromatic heterocycles. The number of nitrogens with one attached hydrogen (secondary N) is 1. The maximum absolute atomic E-state index is 12.5. The molecule has 0 aliphatic heterocycles. The van der Waals surface area contributed by atoms with E-state index in [0.29, 0.717) is 21.8 Å². The van der Waals surface area contributed by atoms with Gasteiger partial charge in [0.2, 0.25) is 5.78 Å². The van der Waals surface area contributed by atoms with Gasteiger partial charge in [-0.05, 0) is 24.4 Å². The minimum atomic E-state index is -0.320. The van der Waals surface area contributed by atoms with Crippen LogP contribution in [-0.4, -0.2) is 16.8 Å². The lowest BCUT2D eigenvalue weighted by Crippen LogP contribution is -2.24. The Morgan fingerprint density at radius 3 is 2.61 bits per heavy atom. The molecule has 3 rings (SSSR count). The van der Waals surface area contributed by atoms with Gasteiger partial charge in [-0.3, -0.25) is 9.59 Å². The van der Waals surface area contributed by atoms with Crippen molar-refractivity contribution in [3.63, 3.8) is 0 Å². The highest BCUT2D eigenvalue weighted by atomic mass is 32.1. The number of amides is 1. The second-order valence-corrected chi connectivity index (χ2v) is 5.92. The summed E-state index contributed by atoms with van der Waals surface area (Å²) in [6.45, 7) is 2.03. The van der Waals surface area contributed by atoms with Crippen molar-refractivity contribution in [2.75, 3.05) is 0 Å². The molecular weight excluding hydrogens is 312 g/mol. The predicted molar refractivity (Wildman–Crippen MR) is 86.6 cm³/mol. The van der Waals surface area contributed by atoms with Crippen LogP contribution in [0.4, 0.5) is 0 Å². The lowest BCUT2D eigenvalue weighted by molar-refractivity contribution is 0.0936. The van der Waals surface area contributed by atoms with Crippen LogP contribution in [0.1, 0.15) is 37.0 Å². The number of hydrogen-bond acceptors (Lipinski definition) is 5. The van der Waals surface area contributed by atoms with Crippen molar-refractivity contribution in [2.45, 2.75) is 13.5 Å². The average Bonchev–Trinajstić information content (AvgIpc) is 3.23. The van der Waals surface area contributed by atoms with Gasteiger partial charge in [-0.25, -0.2) is 0 Å². The van der Waals surface area contributed by atoms with E-state index >= 15 is 0 Å². The molecule has 0 radical (unpaired) electrons. The number of aromatic nitrogens is 1. The summed E-state index contributed by atoms with van der Waals surface area (Å²) in [6.07, 6.45) is 0. The minimum absolute atomic E-state index is 0.152. The van der Waals surface area contributed by atoms with E-state index in [1.165, 1.54) is 11.3 Å². The zero-order valence-electron chi connectivity index (χ0n) is 12.4. The third kappa shape index (κ3) is 3.37. The Balaban J connectivity index is 1.79. The van der Waals surface area contributed by atoms with E-state index in [1.807, 2.05) is 18.4 Å². The molecule has 0 atom stereocenters. The summed E-state index contributed by atoms with van der Waals surface area (Å²) in [6, 6.07) is 12.1.